The number of thiophene rings is 1. The normalized spacial score (nSPS) is 26.0. The fourth-order valence-electron chi connectivity index (χ4n) is 6.02. The minimum absolute atomic E-state index is 0.0812. The highest BCUT2D eigenvalue weighted by Gasteiger charge is 2.56. The predicted octanol–water partition coefficient (Wildman–Crippen LogP) is 7.49. The fraction of sp³-hybridized carbons (Fsp3) is 0.536. The highest BCUT2D eigenvalue weighted by molar-refractivity contribution is 9.11. The molecule has 1 aromatic carbocycles. The number of carboxylic acids is 1. The van der Waals surface area contributed by atoms with E-state index in [2.05, 4.69) is 75.2 Å². The van der Waals surface area contributed by atoms with E-state index in [-0.39, 0.29) is 17.2 Å². The van der Waals surface area contributed by atoms with Gasteiger partial charge in [0.1, 0.15) is 6.61 Å². The highest BCUT2D eigenvalue weighted by Crippen LogP contribution is 2.58. The van der Waals surface area contributed by atoms with Gasteiger partial charge in [-0.3, -0.25) is 9.59 Å². The summed E-state index contributed by atoms with van der Waals surface area (Å²) in [6.07, 6.45) is 3.69. The Labute approximate surface area is 239 Å². The topological polar surface area (TPSA) is 88.0 Å². The summed E-state index contributed by atoms with van der Waals surface area (Å²) in [6.45, 7) is 9.30. The molecule has 1 fully saturated rings. The molecule has 37 heavy (non-hydrogen) atoms. The second kappa shape index (κ2) is 11.2. The van der Waals surface area contributed by atoms with E-state index in [1.807, 2.05) is 13.0 Å². The van der Waals surface area contributed by atoms with Crippen LogP contribution in [0.25, 0.3) is 0 Å². The summed E-state index contributed by atoms with van der Waals surface area (Å²) in [5.74, 6) is -0.587. The first kappa shape index (κ1) is 28.3. The van der Waals surface area contributed by atoms with E-state index >= 15 is 0 Å². The maximum absolute atomic E-state index is 12.5. The number of hydrogen-bond acceptors (Lipinski definition) is 5. The summed E-state index contributed by atoms with van der Waals surface area (Å²) in [6, 6.07) is 8.05. The Hall–Kier alpha value is -1.71. The third-order valence-corrected chi connectivity index (χ3v) is 10.5. The molecule has 200 valence electrons. The quantitative estimate of drug-likeness (QED) is 0.228. The van der Waals surface area contributed by atoms with Gasteiger partial charge < -0.3 is 15.3 Å². The lowest BCUT2D eigenvalue weighted by Crippen LogP contribution is -2.53. The Kier molecular flexibility index (Phi) is 8.56. The molecule has 0 bridgehead atoms. The lowest BCUT2D eigenvalue weighted by atomic mass is 9.49. The molecule has 2 aliphatic carbocycles. The summed E-state index contributed by atoms with van der Waals surface area (Å²) < 4.78 is 1.98. The predicted molar refractivity (Wildman–Crippen MR) is 155 cm³/mol. The first-order chi connectivity index (χ1) is 17.5. The second-order valence-corrected chi connectivity index (χ2v) is 14.2. The molecule has 1 saturated carbocycles. The molecular formula is C28H34Br2N2O4S. The molecule has 0 spiro atoms. The van der Waals surface area contributed by atoms with Crippen LogP contribution < -0.4 is 5.32 Å². The summed E-state index contributed by atoms with van der Waals surface area (Å²) in [7, 11) is 0. The number of carboxylic acid groups (broad SMARTS) is 1. The number of nitrogens with zero attached hydrogens (tertiary/aromatic N) is 1. The lowest BCUT2D eigenvalue weighted by molar-refractivity contribution is -0.156. The maximum Gasteiger partial charge on any atom is 0.309 e. The van der Waals surface area contributed by atoms with E-state index in [0.29, 0.717) is 43.2 Å². The third-order valence-electron chi connectivity index (χ3n) is 8.17. The Morgan fingerprint density at radius 1 is 1.24 bits per heavy atom. The average molecular weight is 654 g/mol. The van der Waals surface area contributed by atoms with E-state index in [1.165, 1.54) is 16.9 Å². The van der Waals surface area contributed by atoms with E-state index in [0.717, 1.165) is 37.9 Å². The van der Waals surface area contributed by atoms with E-state index in [4.69, 9.17) is 4.84 Å². The zero-order valence-corrected chi connectivity index (χ0v) is 25.7. The van der Waals surface area contributed by atoms with Crippen LogP contribution in [0.15, 0.2) is 37.7 Å². The molecule has 0 radical (unpaired) electrons. The molecule has 0 saturated heterocycles. The number of rotatable bonds is 8. The molecule has 2 aliphatic rings. The van der Waals surface area contributed by atoms with E-state index in [9.17, 15) is 14.7 Å². The number of oxime groups is 1. The standard InChI is InChI=1S/C28H34Br2N2O4S/c1-16(2)17-13-18-19(14-20(17)29)27(3)9-5-10-28(4,26(34)35)23(27)15-21(18)32-36-12-6-11-31-25(33)22-7-8-24(30)37-22/h7-8,13-14,16,23H,5-6,9-12,15H2,1-4H3,(H,31,33)(H,34,35)/b32-21+/t23-,27-,28-/m1/s1. The van der Waals surface area contributed by atoms with Gasteiger partial charge in [-0.15, -0.1) is 11.3 Å². The molecule has 0 aliphatic heterocycles. The number of fused-ring (bicyclic) bond motifs is 3. The van der Waals surface area contributed by atoms with Crippen LogP contribution in [-0.2, 0) is 15.0 Å². The van der Waals surface area contributed by atoms with Crippen LogP contribution in [0.3, 0.4) is 0 Å². The van der Waals surface area contributed by atoms with Crippen molar-refractivity contribution in [2.75, 3.05) is 13.2 Å². The summed E-state index contributed by atoms with van der Waals surface area (Å²) in [4.78, 5) is 31.1. The first-order valence-electron chi connectivity index (χ1n) is 12.8. The van der Waals surface area contributed by atoms with Gasteiger partial charge in [-0.2, -0.15) is 0 Å². The molecule has 1 heterocycles. The van der Waals surface area contributed by atoms with Gasteiger partial charge in [-0.25, -0.2) is 0 Å². The van der Waals surface area contributed by atoms with Crippen molar-refractivity contribution in [3.8, 4) is 0 Å². The van der Waals surface area contributed by atoms with Crippen molar-refractivity contribution < 1.29 is 19.5 Å². The van der Waals surface area contributed by atoms with E-state index < -0.39 is 11.4 Å². The van der Waals surface area contributed by atoms with Crippen molar-refractivity contribution in [2.45, 2.75) is 71.1 Å². The van der Waals surface area contributed by atoms with Crippen molar-refractivity contribution in [2.24, 2.45) is 16.5 Å². The number of nitrogens with one attached hydrogen (secondary N) is 1. The SMILES string of the molecule is CC(C)c1cc2c(cc1Br)[C@@]1(C)CCC[C@@](C)(C(=O)O)[C@@H]1C/C2=N\OCCCNC(=O)c1ccc(Br)s1. The Bertz CT molecular complexity index is 1230. The van der Waals surface area contributed by atoms with Crippen LogP contribution >= 0.6 is 43.2 Å². The fourth-order valence-corrected chi connectivity index (χ4v) is 8.13. The molecule has 3 atom stereocenters. The van der Waals surface area contributed by atoms with Crippen molar-refractivity contribution in [1.82, 2.24) is 5.32 Å². The van der Waals surface area contributed by atoms with Gasteiger partial charge in [0.05, 0.1) is 19.8 Å². The van der Waals surface area contributed by atoms with Crippen molar-refractivity contribution in [3.63, 3.8) is 0 Å². The summed E-state index contributed by atoms with van der Waals surface area (Å²) >= 11 is 8.55. The zero-order valence-electron chi connectivity index (χ0n) is 21.7. The van der Waals surface area contributed by atoms with Crippen LogP contribution in [0.4, 0.5) is 0 Å². The summed E-state index contributed by atoms with van der Waals surface area (Å²) in [5.41, 5.74) is 3.16. The maximum atomic E-state index is 12.5. The molecule has 2 N–H and O–H groups in total. The van der Waals surface area contributed by atoms with Crippen LogP contribution in [-0.4, -0.2) is 35.8 Å². The minimum atomic E-state index is -0.824. The lowest BCUT2D eigenvalue weighted by Gasteiger charge is -2.53. The highest BCUT2D eigenvalue weighted by atomic mass is 79.9. The van der Waals surface area contributed by atoms with Gasteiger partial charge in [-0.1, -0.05) is 48.3 Å². The molecule has 6 nitrogen and oxygen atoms in total. The van der Waals surface area contributed by atoms with Gasteiger partial charge >= 0.3 is 5.97 Å². The Balaban J connectivity index is 1.55. The molecule has 9 heteroatoms. The molecule has 4 rings (SSSR count). The van der Waals surface area contributed by atoms with Crippen molar-refractivity contribution >= 4 is 60.8 Å². The van der Waals surface area contributed by atoms with Gasteiger partial charge in [-0.05, 0) is 94.8 Å². The molecule has 1 aromatic heterocycles. The largest absolute Gasteiger partial charge is 0.481 e. The van der Waals surface area contributed by atoms with Gasteiger partial charge in [0.25, 0.3) is 5.91 Å². The first-order valence-corrected chi connectivity index (χ1v) is 15.2. The van der Waals surface area contributed by atoms with Crippen LogP contribution in [0.2, 0.25) is 0 Å². The second-order valence-electron chi connectivity index (χ2n) is 10.9. The van der Waals surface area contributed by atoms with E-state index in [1.54, 1.807) is 6.07 Å². The minimum Gasteiger partial charge on any atom is -0.481 e. The third kappa shape index (κ3) is 5.55. The van der Waals surface area contributed by atoms with Gasteiger partial charge in [0.2, 0.25) is 0 Å². The monoisotopic (exact) mass is 652 g/mol. The van der Waals surface area contributed by atoms with Crippen LogP contribution in [0.1, 0.15) is 92.1 Å². The number of benzene rings is 1. The number of aliphatic carboxylic acids is 1. The van der Waals surface area contributed by atoms with Crippen molar-refractivity contribution in [3.05, 3.63) is 54.1 Å². The van der Waals surface area contributed by atoms with Gasteiger partial charge in [0.15, 0.2) is 0 Å². The number of amides is 1. The van der Waals surface area contributed by atoms with Gasteiger partial charge in [0, 0.05) is 23.0 Å². The molecule has 2 aromatic rings. The smallest absolute Gasteiger partial charge is 0.309 e. The number of halogens is 2. The summed E-state index contributed by atoms with van der Waals surface area (Å²) in [5, 5.41) is 17.7. The zero-order chi connectivity index (χ0) is 27.0. The van der Waals surface area contributed by atoms with Crippen molar-refractivity contribution in [1.29, 1.82) is 0 Å². The molecular weight excluding hydrogens is 620 g/mol. The Morgan fingerprint density at radius 2 is 2.00 bits per heavy atom. The molecule has 1 amide bonds. The van der Waals surface area contributed by atoms with Crippen LogP contribution in [0, 0.1) is 11.3 Å². The van der Waals surface area contributed by atoms with Crippen LogP contribution in [0.5, 0.6) is 0 Å². The number of carbonyl (C=O) groups is 2. The Morgan fingerprint density at radius 3 is 2.65 bits per heavy atom. The number of carbonyl (C=O) groups excluding carboxylic acids is 1. The average Bonchev–Trinajstić information content (AvgIpc) is 3.28. The molecule has 0 unspecified atom stereocenters. The number of hydrogen-bond donors (Lipinski definition) is 2.